The summed E-state index contributed by atoms with van der Waals surface area (Å²) in [6, 6.07) is 6.79. The fourth-order valence-corrected chi connectivity index (χ4v) is 3.29. The minimum atomic E-state index is -5.08. The number of benzene rings is 1. The van der Waals surface area contributed by atoms with Gasteiger partial charge in [-0.15, -0.1) is 0 Å². The highest BCUT2D eigenvalue weighted by molar-refractivity contribution is 7.99. The summed E-state index contributed by atoms with van der Waals surface area (Å²) in [4.78, 5) is 36.6. The number of hydrogen-bond acceptors (Lipinski definition) is 7. The summed E-state index contributed by atoms with van der Waals surface area (Å²) in [5, 5.41) is 16.8. The van der Waals surface area contributed by atoms with E-state index in [0.717, 1.165) is 40.6 Å². The monoisotopic (exact) mass is 456 g/mol. The van der Waals surface area contributed by atoms with Crippen molar-refractivity contribution in [3.63, 3.8) is 0 Å². The van der Waals surface area contributed by atoms with Gasteiger partial charge < -0.3 is 15.1 Å². The molecule has 0 saturated carbocycles. The Morgan fingerprint density at radius 3 is 2.35 bits per heavy atom. The van der Waals surface area contributed by atoms with Crippen LogP contribution in [0, 0.1) is 0 Å². The van der Waals surface area contributed by atoms with Gasteiger partial charge in [0.05, 0.1) is 11.3 Å². The van der Waals surface area contributed by atoms with Crippen LogP contribution in [0.2, 0.25) is 0 Å². The molecule has 31 heavy (non-hydrogen) atoms. The first kappa shape index (κ1) is 24.1. The van der Waals surface area contributed by atoms with Crippen LogP contribution in [0.25, 0.3) is 0 Å². The zero-order valence-corrected chi connectivity index (χ0v) is 17.6. The molecular formula is C19H19F3N4O4S. The van der Waals surface area contributed by atoms with Crippen molar-refractivity contribution < 1.29 is 33.0 Å². The van der Waals surface area contributed by atoms with Crippen LogP contribution in [0.5, 0.6) is 0 Å². The lowest BCUT2D eigenvalue weighted by Gasteiger charge is -2.15. The van der Waals surface area contributed by atoms with E-state index in [2.05, 4.69) is 21.9 Å². The van der Waals surface area contributed by atoms with Gasteiger partial charge in [-0.3, -0.25) is 4.99 Å². The normalized spacial score (nSPS) is 12.4. The highest BCUT2D eigenvalue weighted by Crippen LogP contribution is 2.37. The van der Waals surface area contributed by atoms with Gasteiger partial charge in [-0.2, -0.15) is 13.2 Å². The SMILES string of the molecule is CCC1=Nc2c(nc(Sc3cccc(C(=O)O)c3)nc2N(C)C)C1.O=C(O)C(F)(F)F. The Kier molecular flexibility index (Phi) is 7.60. The molecule has 1 aliphatic heterocycles. The molecule has 8 nitrogen and oxygen atoms in total. The Labute approximate surface area is 179 Å². The number of nitrogens with zero attached hydrogens (tertiary/aromatic N) is 4. The highest BCUT2D eigenvalue weighted by Gasteiger charge is 2.38. The lowest BCUT2D eigenvalue weighted by molar-refractivity contribution is -0.192. The molecule has 1 aliphatic rings. The van der Waals surface area contributed by atoms with Crippen molar-refractivity contribution in [2.24, 2.45) is 4.99 Å². The van der Waals surface area contributed by atoms with Gasteiger partial charge in [0, 0.05) is 31.1 Å². The van der Waals surface area contributed by atoms with E-state index in [1.54, 1.807) is 18.2 Å². The average molecular weight is 456 g/mol. The first-order valence-corrected chi connectivity index (χ1v) is 9.70. The van der Waals surface area contributed by atoms with Gasteiger partial charge in [0.1, 0.15) is 5.69 Å². The molecule has 0 unspecified atom stereocenters. The van der Waals surface area contributed by atoms with Crippen molar-refractivity contribution in [3.8, 4) is 0 Å². The number of aromatic carboxylic acids is 1. The summed E-state index contributed by atoms with van der Waals surface area (Å²) in [7, 11) is 3.86. The summed E-state index contributed by atoms with van der Waals surface area (Å²) in [5.41, 5.74) is 3.14. The Morgan fingerprint density at radius 1 is 1.19 bits per heavy atom. The quantitative estimate of drug-likeness (QED) is 0.647. The molecule has 0 radical (unpaired) electrons. The highest BCUT2D eigenvalue weighted by atomic mass is 32.2. The van der Waals surface area contributed by atoms with Crippen LogP contribution in [-0.2, 0) is 11.2 Å². The van der Waals surface area contributed by atoms with E-state index in [0.29, 0.717) is 5.16 Å². The third-order valence-electron chi connectivity index (χ3n) is 3.92. The summed E-state index contributed by atoms with van der Waals surface area (Å²) in [6.07, 6.45) is -3.44. The minimum Gasteiger partial charge on any atom is -0.478 e. The third-order valence-corrected chi connectivity index (χ3v) is 4.78. The second kappa shape index (κ2) is 9.77. The number of anilines is 1. The molecule has 1 aromatic carbocycles. The number of aromatic nitrogens is 2. The maximum absolute atomic E-state index is 11.1. The smallest absolute Gasteiger partial charge is 0.478 e. The molecule has 0 aliphatic carbocycles. The van der Waals surface area contributed by atoms with E-state index in [1.165, 1.54) is 11.8 Å². The van der Waals surface area contributed by atoms with Crippen LogP contribution < -0.4 is 4.90 Å². The molecule has 2 N–H and O–H groups in total. The maximum Gasteiger partial charge on any atom is 0.490 e. The number of halogens is 3. The van der Waals surface area contributed by atoms with Crippen molar-refractivity contribution in [1.82, 2.24) is 9.97 Å². The van der Waals surface area contributed by atoms with E-state index in [-0.39, 0.29) is 5.56 Å². The Balaban J connectivity index is 0.000000423. The summed E-state index contributed by atoms with van der Waals surface area (Å²) < 4.78 is 31.7. The van der Waals surface area contributed by atoms with E-state index < -0.39 is 18.1 Å². The summed E-state index contributed by atoms with van der Waals surface area (Å²) in [6.45, 7) is 2.08. The number of carbonyl (C=O) groups is 2. The van der Waals surface area contributed by atoms with Gasteiger partial charge in [0.2, 0.25) is 0 Å². The number of carboxylic acid groups (broad SMARTS) is 2. The molecule has 0 saturated heterocycles. The molecular weight excluding hydrogens is 437 g/mol. The van der Waals surface area contributed by atoms with Crippen molar-refractivity contribution in [3.05, 3.63) is 35.5 Å². The number of carboxylic acids is 2. The van der Waals surface area contributed by atoms with Gasteiger partial charge in [-0.25, -0.2) is 19.6 Å². The van der Waals surface area contributed by atoms with E-state index in [9.17, 15) is 18.0 Å². The summed E-state index contributed by atoms with van der Waals surface area (Å²) in [5.74, 6) is -2.91. The predicted octanol–water partition coefficient (Wildman–Crippen LogP) is 4.06. The Bertz CT molecular complexity index is 1030. The average Bonchev–Trinajstić information content (AvgIpc) is 3.10. The Hall–Kier alpha value is -3.15. The van der Waals surface area contributed by atoms with Gasteiger partial charge >= 0.3 is 18.1 Å². The van der Waals surface area contributed by atoms with E-state index in [4.69, 9.17) is 15.0 Å². The van der Waals surface area contributed by atoms with E-state index in [1.807, 2.05) is 25.1 Å². The molecule has 0 fully saturated rings. The molecule has 0 spiro atoms. The van der Waals surface area contributed by atoms with Crippen LogP contribution in [0.3, 0.4) is 0 Å². The fraction of sp³-hybridized carbons (Fsp3) is 0.316. The van der Waals surface area contributed by atoms with Crippen molar-refractivity contribution in [2.45, 2.75) is 36.0 Å². The summed E-state index contributed by atoms with van der Waals surface area (Å²) >= 11 is 1.36. The van der Waals surface area contributed by atoms with Gasteiger partial charge in [-0.05, 0) is 36.4 Å². The van der Waals surface area contributed by atoms with Gasteiger partial charge in [-0.1, -0.05) is 13.0 Å². The standard InChI is InChI=1S/C17H18N4O2S.C2HF3O2/c1-4-11-9-13-14(18-11)15(21(2)3)20-17(19-13)24-12-7-5-6-10(8-12)16(22)23;3-2(4,5)1(6)7/h5-8H,4,9H2,1-3H3,(H,22,23);(H,6,7). The first-order valence-electron chi connectivity index (χ1n) is 8.88. The van der Waals surface area contributed by atoms with Crippen LogP contribution in [0.1, 0.15) is 29.4 Å². The van der Waals surface area contributed by atoms with Crippen LogP contribution in [-0.4, -0.2) is 58.1 Å². The van der Waals surface area contributed by atoms with Gasteiger partial charge in [0.25, 0.3) is 0 Å². The first-order chi connectivity index (χ1) is 14.4. The molecule has 0 amide bonds. The number of fused-ring (bicyclic) bond motifs is 1. The lowest BCUT2D eigenvalue weighted by Crippen LogP contribution is -2.21. The molecule has 1 aromatic heterocycles. The Morgan fingerprint density at radius 2 is 1.84 bits per heavy atom. The van der Waals surface area contributed by atoms with E-state index >= 15 is 0 Å². The lowest BCUT2D eigenvalue weighted by atomic mass is 10.2. The number of hydrogen-bond donors (Lipinski definition) is 2. The number of aliphatic carboxylic acids is 1. The van der Waals surface area contributed by atoms with Crippen molar-refractivity contribution >= 4 is 40.9 Å². The van der Waals surface area contributed by atoms with Gasteiger partial charge in [0.15, 0.2) is 11.0 Å². The topological polar surface area (TPSA) is 116 Å². The largest absolute Gasteiger partial charge is 0.490 e. The molecule has 166 valence electrons. The zero-order valence-electron chi connectivity index (χ0n) is 16.8. The molecule has 0 atom stereocenters. The second-order valence-corrected chi connectivity index (χ2v) is 7.51. The fourth-order valence-electron chi connectivity index (χ4n) is 2.45. The molecule has 12 heteroatoms. The second-order valence-electron chi connectivity index (χ2n) is 6.47. The minimum absolute atomic E-state index is 0.255. The maximum atomic E-state index is 11.1. The van der Waals surface area contributed by atoms with Crippen LogP contribution in [0.4, 0.5) is 24.7 Å². The van der Waals surface area contributed by atoms with Crippen molar-refractivity contribution in [1.29, 1.82) is 0 Å². The molecule has 0 bridgehead atoms. The molecule has 2 heterocycles. The molecule has 2 aromatic rings. The number of rotatable bonds is 5. The van der Waals surface area contributed by atoms with Crippen molar-refractivity contribution in [2.75, 3.05) is 19.0 Å². The molecule has 3 rings (SSSR count). The predicted molar refractivity (Wildman–Crippen MR) is 109 cm³/mol. The number of aliphatic imine (C=N–C) groups is 1. The zero-order chi connectivity index (χ0) is 23.3. The van der Waals surface area contributed by atoms with Crippen LogP contribution >= 0.6 is 11.8 Å². The van der Waals surface area contributed by atoms with Crippen LogP contribution in [0.15, 0.2) is 39.3 Å². The third kappa shape index (κ3) is 6.41. The number of alkyl halides is 3.